The van der Waals surface area contributed by atoms with Crippen LogP contribution in [0.15, 0.2) is 24.4 Å². The van der Waals surface area contributed by atoms with Crippen LogP contribution in [0, 0.1) is 0 Å². The Morgan fingerprint density at radius 3 is 2.70 bits per heavy atom. The van der Waals surface area contributed by atoms with Gasteiger partial charge < -0.3 is 10.6 Å². The number of nitrogens with zero attached hydrogens (tertiary/aromatic N) is 1. The normalized spacial score (nSPS) is 17.2. The number of likely N-dealkylation sites (N-methyl/N-ethyl adjacent to an activating group) is 1. The summed E-state index contributed by atoms with van der Waals surface area (Å²) in [6, 6.07) is 5.95. The average Bonchev–Trinajstić information content (AvgIpc) is 2.49. The first kappa shape index (κ1) is 14.9. The Morgan fingerprint density at radius 1 is 1.35 bits per heavy atom. The number of aromatic nitrogens is 1. The van der Waals surface area contributed by atoms with E-state index in [9.17, 15) is 4.79 Å². The number of carbonyl (C=O) groups excluding carboxylic acids is 1. The fourth-order valence-electron chi connectivity index (χ4n) is 2.61. The van der Waals surface area contributed by atoms with Crippen molar-refractivity contribution in [3.63, 3.8) is 0 Å². The minimum absolute atomic E-state index is 0.114. The highest BCUT2D eigenvalue weighted by Gasteiger charge is 2.27. The van der Waals surface area contributed by atoms with Crippen LogP contribution in [-0.2, 0) is 4.79 Å². The van der Waals surface area contributed by atoms with Gasteiger partial charge in [-0.2, -0.15) is 0 Å². The minimum atomic E-state index is -0.502. The predicted octanol–water partition coefficient (Wildman–Crippen LogP) is 2.16. The Labute approximate surface area is 125 Å². The molecule has 0 radical (unpaired) electrons. The van der Waals surface area contributed by atoms with Crippen molar-refractivity contribution in [3.05, 3.63) is 30.1 Å². The lowest BCUT2D eigenvalue weighted by Gasteiger charge is -2.26. The lowest BCUT2D eigenvalue weighted by atomic mass is 9.94. The van der Waals surface area contributed by atoms with E-state index in [0.717, 1.165) is 12.8 Å². The van der Waals surface area contributed by atoms with Crippen molar-refractivity contribution < 1.29 is 4.79 Å². The number of rotatable bonds is 4. The highest BCUT2D eigenvalue weighted by molar-refractivity contribution is 7.80. The Morgan fingerprint density at radius 2 is 2.10 bits per heavy atom. The highest BCUT2D eigenvalue weighted by atomic mass is 32.1. The maximum Gasteiger partial charge on any atom is 0.235 e. The topological polar surface area (TPSA) is 54.0 Å². The Hall–Kier alpha value is -1.49. The zero-order valence-corrected chi connectivity index (χ0v) is 12.6. The van der Waals surface area contributed by atoms with Crippen molar-refractivity contribution in [1.29, 1.82) is 0 Å². The molecule has 1 aromatic heterocycles. The molecule has 0 aliphatic heterocycles. The van der Waals surface area contributed by atoms with Crippen LogP contribution < -0.4 is 10.6 Å². The van der Waals surface area contributed by atoms with Gasteiger partial charge in [0, 0.05) is 19.3 Å². The molecule has 1 atom stereocenters. The maximum absolute atomic E-state index is 12.1. The molecule has 1 heterocycles. The van der Waals surface area contributed by atoms with Crippen molar-refractivity contribution in [2.45, 2.75) is 44.1 Å². The summed E-state index contributed by atoms with van der Waals surface area (Å²) < 4.78 is 0. The molecule has 1 aromatic rings. The Bertz CT molecular complexity index is 457. The molecule has 2 rings (SSSR count). The number of nitrogens with one attached hydrogen (secondary N) is 2. The number of thiocarbonyl (C=S) groups is 1. The first-order valence-electron chi connectivity index (χ1n) is 7.15. The van der Waals surface area contributed by atoms with Crippen LogP contribution >= 0.6 is 12.2 Å². The standard InChI is InChI=1S/C15H21N3OS/c1-16-14(19)13(12-9-5-6-10-17-12)15(20)18-11-7-3-2-4-8-11/h5-6,9-11,13H,2-4,7-8H2,1H3,(H,16,19)(H,18,20). The number of amides is 1. The van der Waals surface area contributed by atoms with E-state index in [1.165, 1.54) is 19.3 Å². The summed E-state index contributed by atoms with van der Waals surface area (Å²) in [5, 5.41) is 6.04. The molecule has 1 aliphatic carbocycles. The van der Waals surface area contributed by atoms with E-state index in [-0.39, 0.29) is 5.91 Å². The van der Waals surface area contributed by atoms with Gasteiger partial charge in [0.2, 0.25) is 5.91 Å². The van der Waals surface area contributed by atoms with Gasteiger partial charge in [0.25, 0.3) is 0 Å². The zero-order chi connectivity index (χ0) is 14.4. The van der Waals surface area contributed by atoms with Crippen LogP contribution in [0.5, 0.6) is 0 Å². The Balaban J connectivity index is 2.10. The molecule has 0 saturated heterocycles. The summed E-state index contributed by atoms with van der Waals surface area (Å²) in [5.74, 6) is -0.616. The summed E-state index contributed by atoms with van der Waals surface area (Å²) in [5.41, 5.74) is 0.695. The molecule has 20 heavy (non-hydrogen) atoms. The fraction of sp³-hybridized carbons (Fsp3) is 0.533. The molecule has 1 fully saturated rings. The van der Waals surface area contributed by atoms with Gasteiger partial charge >= 0.3 is 0 Å². The lowest BCUT2D eigenvalue weighted by Crippen LogP contribution is -2.43. The van der Waals surface area contributed by atoms with Gasteiger partial charge in [0.05, 0.1) is 10.7 Å². The van der Waals surface area contributed by atoms with Crippen molar-refractivity contribution in [1.82, 2.24) is 15.6 Å². The molecule has 0 aromatic carbocycles. The number of pyridine rings is 1. The highest BCUT2D eigenvalue weighted by Crippen LogP contribution is 2.20. The van der Waals surface area contributed by atoms with Gasteiger partial charge in [-0.05, 0) is 25.0 Å². The van der Waals surface area contributed by atoms with Crippen LogP contribution in [0.1, 0.15) is 43.7 Å². The summed E-state index contributed by atoms with van der Waals surface area (Å²) >= 11 is 5.47. The summed E-state index contributed by atoms with van der Waals surface area (Å²) in [7, 11) is 1.63. The molecular formula is C15H21N3OS. The van der Waals surface area contributed by atoms with E-state index in [1.807, 2.05) is 18.2 Å². The summed E-state index contributed by atoms with van der Waals surface area (Å²) in [6.45, 7) is 0. The van der Waals surface area contributed by atoms with Gasteiger partial charge in [0.1, 0.15) is 5.92 Å². The van der Waals surface area contributed by atoms with E-state index >= 15 is 0 Å². The van der Waals surface area contributed by atoms with Gasteiger partial charge in [0.15, 0.2) is 0 Å². The third kappa shape index (κ3) is 3.76. The maximum atomic E-state index is 12.1. The van der Waals surface area contributed by atoms with Crippen LogP contribution in [-0.4, -0.2) is 29.0 Å². The van der Waals surface area contributed by atoms with Gasteiger partial charge in [-0.3, -0.25) is 9.78 Å². The molecule has 1 saturated carbocycles. The van der Waals surface area contributed by atoms with Crippen LogP contribution in [0.2, 0.25) is 0 Å². The van der Waals surface area contributed by atoms with E-state index in [2.05, 4.69) is 15.6 Å². The molecule has 2 N–H and O–H groups in total. The van der Waals surface area contributed by atoms with Crippen molar-refractivity contribution in [2.24, 2.45) is 0 Å². The molecule has 4 nitrogen and oxygen atoms in total. The van der Waals surface area contributed by atoms with Gasteiger partial charge in [-0.25, -0.2) is 0 Å². The van der Waals surface area contributed by atoms with Crippen LogP contribution in [0.4, 0.5) is 0 Å². The van der Waals surface area contributed by atoms with E-state index in [0.29, 0.717) is 16.7 Å². The second-order valence-corrected chi connectivity index (χ2v) is 5.59. The number of hydrogen-bond acceptors (Lipinski definition) is 3. The van der Waals surface area contributed by atoms with Crippen molar-refractivity contribution >= 4 is 23.1 Å². The molecule has 1 unspecified atom stereocenters. The zero-order valence-electron chi connectivity index (χ0n) is 11.8. The molecule has 0 bridgehead atoms. The van der Waals surface area contributed by atoms with Crippen LogP contribution in [0.25, 0.3) is 0 Å². The first-order chi connectivity index (χ1) is 9.72. The smallest absolute Gasteiger partial charge is 0.235 e. The average molecular weight is 291 g/mol. The summed E-state index contributed by atoms with van der Waals surface area (Å²) in [6.07, 6.45) is 7.70. The fourth-order valence-corrected chi connectivity index (χ4v) is 3.00. The molecule has 108 valence electrons. The third-order valence-electron chi connectivity index (χ3n) is 3.71. The van der Waals surface area contributed by atoms with Gasteiger partial charge in [-0.1, -0.05) is 37.5 Å². The molecule has 1 aliphatic rings. The molecular weight excluding hydrogens is 270 g/mol. The van der Waals surface area contributed by atoms with Gasteiger partial charge in [-0.15, -0.1) is 0 Å². The van der Waals surface area contributed by atoms with E-state index in [1.54, 1.807) is 13.2 Å². The quantitative estimate of drug-likeness (QED) is 0.835. The third-order valence-corrected chi connectivity index (χ3v) is 4.06. The number of hydrogen-bond donors (Lipinski definition) is 2. The van der Waals surface area contributed by atoms with Crippen LogP contribution in [0.3, 0.4) is 0 Å². The van der Waals surface area contributed by atoms with Crippen molar-refractivity contribution in [3.8, 4) is 0 Å². The SMILES string of the molecule is CNC(=O)C(C(=S)NC1CCCCC1)c1ccccn1. The second-order valence-electron chi connectivity index (χ2n) is 5.15. The largest absolute Gasteiger partial charge is 0.376 e. The Kier molecular flexibility index (Phi) is 5.47. The molecule has 1 amide bonds. The molecule has 0 spiro atoms. The summed E-state index contributed by atoms with van der Waals surface area (Å²) in [4.78, 5) is 17.0. The monoisotopic (exact) mass is 291 g/mol. The van der Waals surface area contributed by atoms with E-state index in [4.69, 9.17) is 12.2 Å². The number of carbonyl (C=O) groups is 1. The predicted molar refractivity (Wildman–Crippen MR) is 83.7 cm³/mol. The molecule has 5 heteroatoms. The lowest BCUT2D eigenvalue weighted by molar-refractivity contribution is -0.120. The van der Waals surface area contributed by atoms with Crippen molar-refractivity contribution in [2.75, 3.05) is 7.05 Å². The minimum Gasteiger partial charge on any atom is -0.376 e. The van der Waals surface area contributed by atoms with E-state index < -0.39 is 5.92 Å². The first-order valence-corrected chi connectivity index (χ1v) is 7.56. The second kappa shape index (κ2) is 7.33.